The highest BCUT2D eigenvalue weighted by atomic mass is 127. The van der Waals surface area contributed by atoms with Crippen molar-refractivity contribution in [2.24, 2.45) is 4.99 Å². The molecule has 0 bridgehead atoms. The van der Waals surface area contributed by atoms with E-state index >= 15 is 0 Å². The Hall–Kier alpha value is -1.28. The maximum atomic E-state index is 5.87. The average molecular weight is 435 g/mol. The summed E-state index contributed by atoms with van der Waals surface area (Å²) in [4.78, 5) is 4.45. The molecule has 0 aliphatic heterocycles. The molecule has 0 saturated carbocycles. The quantitative estimate of drug-likeness (QED) is 0.416. The van der Waals surface area contributed by atoms with E-state index in [0.29, 0.717) is 6.54 Å². The molecule has 0 unspecified atom stereocenters. The molecule has 5 nitrogen and oxygen atoms in total. The summed E-state index contributed by atoms with van der Waals surface area (Å²) in [6, 6.07) is 9.68. The van der Waals surface area contributed by atoms with E-state index in [4.69, 9.17) is 16.1 Å². The molecular formula is C15H20ClIN4O. The van der Waals surface area contributed by atoms with Crippen LogP contribution in [0.4, 0.5) is 0 Å². The van der Waals surface area contributed by atoms with Crippen LogP contribution in [-0.4, -0.2) is 24.2 Å². The molecule has 2 aromatic rings. The van der Waals surface area contributed by atoms with Crippen LogP contribution in [-0.2, 0) is 13.0 Å². The third kappa shape index (κ3) is 6.65. The lowest BCUT2D eigenvalue weighted by molar-refractivity contribution is 0.412. The number of benzene rings is 1. The van der Waals surface area contributed by atoms with Gasteiger partial charge in [0.15, 0.2) is 5.96 Å². The van der Waals surface area contributed by atoms with Gasteiger partial charge in [0.05, 0.1) is 6.54 Å². The highest BCUT2D eigenvalue weighted by Crippen LogP contribution is 2.09. The van der Waals surface area contributed by atoms with E-state index in [2.05, 4.69) is 20.8 Å². The van der Waals surface area contributed by atoms with E-state index in [1.165, 1.54) is 5.56 Å². The topological polar surface area (TPSA) is 62.5 Å². The molecule has 1 aromatic heterocycles. The first-order chi connectivity index (χ1) is 10.3. The molecule has 1 aromatic carbocycles. The third-order valence-corrected chi connectivity index (χ3v) is 3.11. The van der Waals surface area contributed by atoms with Crippen molar-refractivity contribution < 1.29 is 4.52 Å². The second kappa shape index (κ2) is 10.4. The minimum absolute atomic E-state index is 0. The standard InChI is InChI=1S/C15H19ClN4O.HI/c1-2-17-15(19-11-14-8-10-21-20-14)18-9-7-12-3-5-13(16)6-4-12;/h3-6,8,10H,2,7,9,11H2,1H3,(H2,17,18,19);1H. The van der Waals surface area contributed by atoms with E-state index in [-0.39, 0.29) is 24.0 Å². The molecule has 0 spiro atoms. The van der Waals surface area contributed by atoms with E-state index in [0.717, 1.165) is 36.2 Å². The molecule has 7 heteroatoms. The number of hydrogen-bond acceptors (Lipinski definition) is 3. The highest BCUT2D eigenvalue weighted by Gasteiger charge is 2.00. The summed E-state index contributed by atoms with van der Waals surface area (Å²) in [5, 5.41) is 11.1. The molecule has 0 fully saturated rings. The largest absolute Gasteiger partial charge is 0.364 e. The van der Waals surface area contributed by atoms with E-state index in [1.54, 1.807) is 12.3 Å². The van der Waals surface area contributed by atoms with E-state index in [9.17, 15) is 0 Å². The fourth-order valence-electron chi connectivity index (χ4n) is 1.80. The Bertz CT molecular complexity index is 557. The number of guanidine groups is 1. The fourth-order valence-corrected chi connectivity index (χ4v) is 1.92. The van der Waals surface area contributed by atoms with Gasteiger partial charge in [0.25, 0.3) is 0 Å². The molecular weight excluding hydrogens is 415 g/mol. The van der Waals surface area contributed by atoms with Crippen LogP contribution >= 0.6 is 35.6 Å². The van der Waals surface area contributed by atoms with Gasteiger partial charge in [-0.25, -0.2) is 4.99 Å². The predicted octanol–water partition coefficient (Wildman–Crippen LogP) is 3.24. The smallest absolute Gasteiger partial charge is 0.191 e. The summed E-state index contributed by atoms with van der Waals surface area (Å²) in [7, 11) is 0. The molecule has 0 aliphatic carbocycles. The molecule has 2 N–H and O–H groups in total. The normalized spacial score (nSPS) is 10.9. The van der Waals surface area contributed by atoms with Crippen LogP contribution in [0.2, 0.25) is 5.02 Å². The van der Waals surface area contributed by atoms with Gasteiger partial charge in [-0.1, -0.05) is 28.9 Å². The number of halogens is 2. The zero-order valence-corrected chi connectivity index (χ0v) is 15.5. The maximum Gasteiger partial charge on any atom is 0.191 e. The molecule has 0 saturated heterocycles. The van der Waals surface area contributed by atoms with Gasteiger partial charge in [0.2, 0.25) is 0 Å². The van der Waals surface area contributed by atoms with Crippen molar-refractivity contribution in [3.05, 3.63) is 52.9 Å². The van der Waals surface area contributed by atoms with Gasteiger partial charge in [-0.3, -0.25) is 0 Å². The molecule has 0 amide bonds. The highest BCUT2D eigenvalue weighted by molar-refractivity contribution is 14.0. The van der Waals surface area contributed by atoms with E-state index < -0.39 is 0 Å². The molecule has 22 heavy (non-hydrogen) atoms. The maximum absolute atomic E-state index is 5.87. The van der Waals surface area contributed by atoms with Crippen LogP contribution in [0.1, 0.15) is 18.2 Å². The van der Waals surface area contributed by atoms with Gasteiger partial charge in [-0.2, -0.15) is 0 Å². The lowest BCUT2D eigenvalue weighted by Gasteiger charge is -2.11. The molecule has 1 heterocycles. The van der Waals surface area contributed by atoms with Gasteiger partial charge < -0.3 is 15.2 Å². The first-order valence-corrected chi connectivity index (χ1v) is 7.31. The van der Waals surface area contributed by atoms with Crippen LogP contribution in [0, 0.1) is 0 Å². The molecule has 0 aliphatic rings. The van der Waals surface area contributed by atoms with Crippen LogP contribution in [0.25, 0.3) is 0 Å². The van der Waals surface area contributed by atoms with Crippen molar-refractivity contribution >= 4 is 41.5 Å². The Morgan fingerprint density at radius 1 is 1.23 bits per heavy atom. The molecule has 0 radical (unpaired) electrons. The Morgan fingerprint density at radius 3 is 2.64 bits per heavy atom. The van der Waals surface area contributed by atoms with Crippen LogP contribution in [0.5, 0.6) is 0 Å². The number of aliphatic imine (C=N–C) groups is 1. The van der Waals surface area contributed by atoms with Crippen molar-refractivity contribution in [3.8, 4) is 0 Å². The van der Waals surface area contributed by atoms with Crippen molar-refractivity contribution in [2.75, 3.05) is 13.1 Å². The second-order valence-corrected chi connectivity index (χ2v) is 4.93. The lowest BCUT2D eigenvalue weighted by atomic mass is 10.1. The van der Waals surface area contributed by atoms with Crippen molar-refractivity contribution in [1.82, 2.24) is 15.8 Å². The Kier molecular flexibility index (Phi) is 8.91. The zero-order valence-electron chi connectivity index (χ0n) is 12.4. The minimum Gasteiger partial charge on any atom is -0.364 e. The van der Waals surface area contributed by atoms with Gasteiger partial charge >= 0.3 is 0 Å². The molecule has 2 rings (SSSR count). The summed E-state index contributed by atoms with van der Waals surface area (Å²) in [6.07, 6.45) is 2.46. The van der Waals surface area contributed by atoms with E-state index in [1.807, 2.05) is 31.2 Å². The molecule has 120 valence electrons. The number of aromatic nitrogens is 1. The summed E-state index contributed by atoms with van der Waals surface area (Å²) < 4.78 is 4.78. The summed E-state index contributed by atoms with van der Waals surface area (Å²) in [5.74, 6) is 0.773. The average Bonchev–Trinajstić information content (AvgIpc) is 3.00. The predicted molar refractivity (Wildman–Crippen MR) is 99.9 cm³/mol. The summed E-state index contributed by atoms with van der Waals surface area (Å²) in [5.41, 5.74) is 2.05. The monoisotopic (exact) mass is 434 g/mol. The van der Waals surface area contributed by atoms with Crippen molar-refractivity contribution in [3.63, 3.8) is 0 Å². The van der Waals surface area contributed by atoms with Crippen LogP contribution in [0.15, 0.2) is 46.1 Å². The van der Waals surface area contributed by atoms with Gasteiger partial charge in [-0.15, -0.1) is 24.0 Å². The van der Waals surface area contributed by atoms with Crippen molar-refractivity contribution in [1.29, 1.82) is 0 Å². The minimum atomic E-state index is 0. The summed E-state index contributed by atoms with van der Waals surface area (Å²) >= 11 is 5.87. The zero-order chi connectivity index (χ0) is 14.9. The first kappa shape index (κ1) is 18.8. The Labute approximate surface area is 152 Å². The third-order valence-electron chi connectivity index (χ3n) is 2.85. The first-order valence-electron chi connectivity index (χ1n) is 6.94. The number of rotatable bonds is 6. The molecule has 0 atom stereocenters. The SMILES string of the molecule is CCNC(=NCc1ccon1)NCCc1ccc(Cl)cc1.I. The van der Waals surface area contributed by atoms with Gasteiger partial charge in [0.1, 0.15) is 12.0 Å². The number of nitrogens with zero attached hydrogens (tertiary/aromatic N) is 2. The fraction of sp³-hybridized carbons (Fsp3) is 0.333. The lowest BCUT2D eigenvalue weighted by Crippen LogP contribution is -2.38. The van der Waals surface area contributed by atoms with Gasteiger partial charge in [-0.05, 0) is 31.0 Å². The number of nitrogens with one attached hydrogen (secondary N) is 2. The van der Waals surface area contributed by atoms with Crippen LogP contribution < -0.4 is 10.6 Å². The van der Waals surface area contributed by atoms with Crippen LogP contribution in [0.3, 0.4) is 0 Å². The van der Waals surface area contributed by atoms with Gasteiger partial charge in [0, 0.05) is 24.2 Å². The Balaban J connectivity index is 0.00000242. The summed E-state index contributed by atoms with van der Waals surface area (Å²) in [6.45, 7) is 4.14. The number of hydrogen-bond donors (Lipinski definition) is 2. The second-order valence-electron chi connectivity index (χ2n) is 4.49. The Morgan fingerprint density at radius 2 is 2.00 bits per heavy atom. The van der Waals surface area contributed by atoms with Crippen molar-refractivity contribution in [2.45, 2.75) is 19.9 Å².